The van der Waals surface area contributed by atoms with Crippen LogP contribution in [-0.2, 0) is 49.9 Å². The highest BCUT2D eigenvalue weighted by atomic mass is 35.5. The van der Waals surface area contributed by atoms with Crippen molar-refractivity contribution in [3.8, 4) is 11.5 Å². The van der Waals surface area contributed by atoms with Gasteiger partial charge in [0.15, 0.2) is 17.5 Å². The van der Waals surface area contributed by atoms with Crippen molar-refractivity contribution in [2.24, 2.45) is 21.1 Å². The number of halogens is 2. The molecule has 2 unspecified atom stereocenters. The van der Waals surface area contributed by atoms with Gasteiger partial charge in [-0.25, -0.2) is 19.7 Å². The summed E-state index contributed by atoms with van der Waals surface area (Å²) in [6, 6.07) is 12.9. The molecule has 0 bridgehead atoms. The molecule has 27 nitrogen and oxygen atoms in total. The Labute approximate surface area is 494 Å². The predicted octanol–water partition coefficient (Wildman–Crippen LogP) is 5.72. The van der Waals surface area contributed by atoms with E-state index in [9.17, 15) is 53.4 Å². The SMILES string of the molecule is CC(=O)Nc1ccc2c3c(cc(O)c2c1)N(C(=O)CNC(=O)CNC(=O)c1nc(NC(=O)c2nc(NC(=O)c4nc(NC(=O)CCC(=O)Nc5ccc6c7c(cc(O)c6c5)N(C(=O)OC(C)(C)C)CC7CCl)cn4C)cn2C)cn1C)CC3CCl. The summed E-state index contributed by atoms with van der Waals surface area (Å²) in [5, 5.41) is 42.2. The Morgan fingerprint density at radius 2 is 1.01 bits per heavy atom. The maximum atomic E-state index is 13.5. The summed E-state index contributed by atoms with van der Waals surface area (Å²) in [5.41, 5.74) is 2.51. The predicted molar refractivity (Wildman–Crippen MR) is 316 cm³/mol. The van der Waals surface area contributed by atoms with Crippen LogP contribution in [0.3, 0.4) is 0 Å². The van der Waals surface area contributed by atoms with Gasteiger partial charge in [0.25, 0.3) is 17.7 Å². The van der Waals surface area contributed by atoms with Crippen molar-refractivity contribution >= 4 is 138 Å². The van der Waals surface area contributed by atoms with Gasteiger partial charge in [-0.2, -0.15) is 0 Å². The first-order chi connectivity index (χ1) is 40.3. The minimum absolute atomic E-state index is 0.0150. The van der Waals surface area contributed by atoms with E-state index in [0.717, 1.165) is 11.1 Å². The number of ether oxygens (including phenoxy) is 1. The molecule has 9 rings (SSSR count). The summed E-state index contributed by atoms with van der Waals surface area (Å²) in [6.07, 6.45) is 3.05. The molecule has 29 heteroatoms. The summed E-state index contributed by atoms with van der Waals surface area (Å²) in [5.74, 6) is -5.80. The lowest BCUT2D eigenvalue weighted by Gasteiger charge is -2.25. The fourth-order valence-corrected chi connectivity index (χ4v) is 10.6. The number of nitrogens with zero attached hydrogens (tertiary/aromatic N) is 8. The van der Waals surface area contributed by atoms with Crippen LogP contribution in [0, 0.1) is 0 Å². The number of amides is 9. The number of fused-ring (bicyclic) bond motifs is 6. The quantitative estimate of drug-likeness (QED) is 0.0493. The third-order valence-electron chi connectivity index (χ3n) is 13.8. The number of rotatable bonds is 17. The first kappa shape index (κ1) is 59.8. The van der Waals surface area contributed by atoms with E-state index < -0.39 is 66.1 Å². The highest BCUT2D eigenvalue weighted by Gasteiger charge is 2.38. The molecule has 9 amide bonds. The highest BCUT2D eigenvalue weighted by Crippen LogP contribution is 2.48. The maximum absolute atomic E-state index is 13.5. The standard InChI is InChI=1S/C56H59Cl2N15O12/c1-27(74)61-30-8-10-32-34(14-30)38(75)16-36-47(32)28(18-57)22-72(36)46(80)21-59-45(79)20-60-52(81)49-65-41(25-69(49)5)67-54(83)51-66-42(26-71(51)7)68-53(82)50-64-40(24-70(50)6)63-44(78)13-12-43(77)62-31-9-11-33-35(15-31)39(76)17-37-48(33)29(19-58)23-73(37)55(84)85-56(2,3)4/h8-11,14-17,24-26,28-29,75-76H,12-13,18-23H2,1-7H3,(H,59,79)(H,60,81)(H,61,74)(H,62,77)(H,63,78)(H,67,83)(H,68,82). The Bertz CT molecular complexity index is 3920. The zero-order valence-corrected chi connectivity index (χ0v) is 48.5. The largest absolute Gasteiger partial charge is 0.507 e. The van der Waals surface area contributed by atoms with Gasteiger partial charge in [0, 0.05) is 130 Å². The highest BCUT2D eigenvalue weighted by molar-refractivity contribution is 6.20. The molecule has 0 saturated heterocycles. The Morgan fingerprint density at radius 1 is 0.565 bits per heavy atom. The van der Waals surface area contributed by atoms with Crippen LogP contribution in [0.2, 0.25) is 0 Å². The van der Waals surface area contributed by atoms with Crippen LogP contribution in [0.4, 0.5) is 45.0 Å². The molecule has 2 aliphatic heterocycles. The van der Waals surface area contributed by atoms with E-state index in [1.54, 1.807) is 57.2 Å². The summed E-state index contributed by atoms with van der Waals surface area (Å²) < 4.78 is 9.57. The second-order valence-corrected chi connectivity index (χ2v) is 21.9. The van der Waals surface area contributed by atoms with Crippen molar-refractivity contribution < 1.29 is 58.1 Å². The number of nitrogens with one attached hydrogen (secondary N) is 7. The molecule has 7 aromatic rings. The van der Waals surface area contributed by atoms with Crippen molar-refractivity contribution in [2.75, 3.05) is 74.3 Å². The zero-order valence-electron chi connectivity index (χ0n) is 47.0. The molecule has 9 N–H and O–H groups in total. The Morgan fingerprint density at radius 3 is 1.49 bits per heavy atom. The van der Waals surface area contributed by atoms with Gasteiger partial charge in [-0.3, -0.25) is 43.3 Å². The van der Waals surface area contributed by atoms with Gasteiger partial charge in [-0.1, -0.05) is 12.1 Å². The minimum Gasteiger partial charge on any atom is -0.507 e. The van der Waals surface area contributed by atoms with Crippen molar-refractivity contribution in [1.82, 2.24) is 39.3 Å². The Balaban J connectivity index is 0.729. The number of anilines is 7. The average molecular weight is 1210 g/mol. The molecular formula is C56H59Cl2N15O12. The van der Waals surface area contributed by atoms with Crippen LogP contribution < -0.4 is 47.0 Å². The number of imidazole rings is 3. The Kier molecular flexibility index (Phi) is 17.1. The van der Waals surface area contributed by atoms with Gasteiger partial charge in [-0.15, -0.1) is 23.2 Å². The topological polar surface area (TPSA) is 347 Å². The van der Waals surface area contributed by atoms with E-state index in [1.807, 2.05) is 0 Å². The second kappa shape index (κ2) is 24.2. The number of carbonyl (C=O) groups excluding carboxylic acids is 9. The lowest BCUT2D eigenvalue weighted by molar-refractivity contribution is -0.124. The number of aromatic nitrogens is 6. The third kappa shape index (κ3) is 13.1. The molecule has 3 aromatic heterocycles. The van der Waals surface area contributed by atoms with Crippen molar-refractivity contribution in [2.45, 2.75) is 58.0 Å². The van der Waals surface area contributed by atoms with E-state index >= 15 is 0 Å². The first-order valence-corrected chi connectivity index (χ1v) is 27.5. The number of phenolic OH excluding ortho intramolecular Hbond substituents is 2. The summed E-state index contributed by atoms with van der Waals surface area (Å²) >= 11 is 12.7. The van der Waals surface area contributed by atoms with Crippen LogP contribution in [0.5, 0.6) is 11.5 Å². The summed E-state index contributed by atoms with van der Waals surface area (Å²) in [4.78, 5) is 132. The van der Waals surface area contributed by atoms with Crippen LogP contribution in [0.1, 0.15) is 95.4 Å². The molecule has 0 fully saturated rings. The fourth-order valence-electron chi connectivity index (χ4n) is 10.1. The van der Waals surface area contributed by atoms with Gasteiger partial charge < -0.3 is 70.8 Å². The van der Waals surface area contributed by atoms with E-state index in [2.05, 4.69) is 52.2 Å². The molecule has 5 heterocycles. The number of aryl methyl sites for hydroxylation is 3. The van der Waals surface area contributed by atoms with Crippen LogP contribution in [0.15, 0.2) is 67.1 Å². The van der Waals surface area contributed by atoms with Crippen molar-refractivity contribution in [1.29, 1.82) is 0 Å². The molecule has 2 aliphatic rings. The normalized spacial score (nSPS) is 14.4. The molecule has 444 valence electrons. The first-order valence-electron chi connectivity index (χ1n) is 26.5. The number of aromatic hydroxyl groups is 2. The second-order valence-electron chi connectivity index (χ2n) is 21.3. The number of carbonyl (C=O) groups is 9. The van der Waals surface area contributed by atoms with E-state index in [4.69, 9.17) is 27.9 Å². The zero-order chi connectivity index (χ0) is 61.3. The Hall–Kier alpha value is -9.76. The number of phenols is 2. The lowest BCUT2D eigenvalue weighted by Crippen LogP contribution is -2.43. The smallest absolute Gasteiger partial charge is 0.414 e. The molecule has 85 heavy (non-hydrogen) atoms. The molecular weight excluding hydrogens is 1150 g/mol. The summed E-state index contributed by atoms with van der Waals surface area (Å²) in [6.45, 7) is 6.12. The third-order valence-corrected chi connectivity index (χ3v) is 14.5. The van der Waals surface area contributed by atoms with Crippen molar-refractivity contribution in [3.63, 3.8) is 0 Å². The molecule has 4 aromatic carbocycles. The van der Waals surface area contributed by atoms with Crippen LogP contribution in [-0.4, -0.2) is 136 Å². The summed E-state index contributed by atoms with van der Waals surface area (Å²) in [7, 11) is 4.50. The molecule has 0 saturated carbocycles. The molecule has 0 spiro atoms. The van der Waals surface area contributed by atoms with Gasteiger partial charge in [0.1, 0.15) is 17.1 Å². The van der Waals surface area contributed by atoms with E-state index in [0.29, 0.717) is 44.3 Å². The van der Waals surface area contributed by atoms with E-state index in [1.165, 1.54) is 82.3 Å². The average Bonchev–Trinajstić information content (AvgIpc) is 2.02. The number of hydrogen-bond acceptors (Lipinski definition) is 15. The van der Waals surface area contributed by atoms with E-state index in [-0.39, 0.29) is 102 Å². The maximum Gasteiger partial charge on any atom is 0.414 e. The monoisotopic (exact) mass is 1200 g/mol. The number of benzene rings is 4. The van der Waals surface area contributed by atoms with Crippen LogP contribution in [0.25, 0.3) is 21.5 Å². The minimum atomic E-state index is -0.780. The van der Waals surface area contributed by atoms with Gasteiger partial charge >= 0.3 is 6.09 Å². The number of alkyl halides is 2. The molecule has 2 atom stereocenters. The van der Waals surface area contributed by atoms with Crippen LogP contribution >= 0.6 is 23.2 Å². The van der Waals surface area contributed by atoms with Gasteiger partial charge in [-0.05, 0) is 66.9 Å². The molecule has 0 radical (unpaired) electrons. The molecule has 0 aliphatic carbocycles. The van der Waals surface area contributed by atoms with Crippen molar-refractivity contribution in [3.05, 3.63) is 95.7 Å². The lowest BCUT2D eigenvalue weighted by atomic mass is 9.95. The fraction of sp³-hybridized carbons (Fsp3) is 0.321. The van der Waals surface area contributed by atoms with Gasteiger partial charge in [0.05, 0.1) is 24.5 Å². The van der Waals surface area contributed by atoms with Gasteiger partial charge in [0.2, 0.25) is 47.0 Å². The number of hydrogen-bond donors (Lipinski definition) is 9.